The number of hydrogen-bond donors (Lipinski definition) is 1. The van der Waals surface area contributed by atoms with Crippen molar-refractivity contribution in [3.05, 3.63) is 47.7 Å². The van der Waals surface area contributed by atoms with Crippen molar-refractivity contribution in [1.29, 1.82) is 0 Å². The molecule has 1 saturated heterocycles. The summed E-state index contributed by atoms with van der Waals surface area (Å²) in [5.74, 6) is 1.79. The topological polar surface area (TPSA) is 52.5 Å². The Morgan fingerprint density at radius 3 is 2.58 bits per heavy atom. The fraction of sp³-hybridized carbons (Fsp3) is 0.474. The molecule has 1 fully saturated rings. The Morgan fingerprint density at radius 2 is 1.75 bits per heavy atom. The van der Waals surface area contributed by atoms with Gasteiger partial charge in [-0.3, -0.25) is 0 Å². The van der Waals surface area contributed by atoms with Gasteiger partial charge >= 0.3 is 0 Å². The summed E-state index contributed by atoms with van der Waals surface area (Å²) >= 11 is 0. The number of fused-ring (bicyclic) bond motifs is 1. The smallest absolute Gasteiger partial charge is 0.227 e. The van der Waals surface area contributed by atoms with Crippen LogP contribution in [0, 0.1) is 0 Å². The van der Waals surface area contributed by atoms with Gasteiger partial charge in [-0.25, -0.2) is 4.98 Å². The highest BCUT2D eigenvalue weighted by Crippen LogP contribution is 2.24. The fourth-order valence-corrected chi connectivity index (χ4v) is 3.63. The first-order chi connectivity index (χ1) is 11.8. The van der Waals surface area contributed by atoms with Gasteiger partial charge in [-0.05, 0) is 42.9 Å². The summed E-state index contributed by atoms with van der Waals surface area (Å²) in [6, 6.07) is 10.7. The second-order valence-electron chi connectivity index (χ2n) is 6.73. The summed E-state index contributed by atoms with van der Waals surface area (Å²) in [6.45, 7) is 3.58. The zero-order valence-corrected chi connectivity index (χ0v) is 13.9. The van der Waals surface area contributed by atoms with Crippen molar-refractivity contribution < 1.29 is 5.11 Å². The summed E-state index contributed by atoms with van der Waals surface area (Å²) in [7, 11) is 0. The quantitative estimate of drug-likeness (QED) is 0.919. The molecule has 0 spiro atoms. The van der Waals surface area contributed by atoms with E-state index in [1.54, 1.807) is 0 Å². The number of aryl methyl sites for hydroxylation is 1. The molecule has 4 rings (SSSR count). The van der Waals surface area contributed by atoms with Gasteiger partial charge < -0.3 is 14.9 Å². The number of anilines is 2. The fourth-order valence-electron chi connectivity index (χ4n) is 3.63. The van der Waals surface area contributed by atoms with Crippen molar-refractivity contribution in [2.45, 2.75) is 38.3 Å². The number of benzene rings is 1. The van der Waals surface area contributed by atoms with Crippen molar-refractivity contribution in [3.8, 4) is 0 Å². The SMILES string of the molecule is OC1CCN(c2ccnc(N3CCCc4ccccc4C3)n2)CC1. The van der Waals surface area contributed by atoms with Crippen molar-refractivity contribution in [3.63, 3.8) is 0 Å². The molecule has 126 valence electrons. The van der Waals surface area contributed by atoms with Gasteiger partial charge in [0.2, 0.25) is 5.95 Å². The van der Waals surface area contributed by atoms with E-state index in [2.05, 4.69) is 39.0 Å². The molecule has 2 aromatic rings. The first-order valence-corrected chi connectivity index (χ1v) is 8.87. The van der Waals surface area contributed by atoms with Gasteiger partial charge in [0.1, 0.15) is 5.82 Å². The molecule has 0 unspecified atom stereocenters. The molecule has 2 aliphatic rings. The summed E-state index contributed by atoms with van der Waals surface area (Å²) in [6.07, 6.45) is 5.58. The molecular weight excluding hydrogens is 300 g/mol. The number of nitrogens with zero attached hydrogens (tertiary/aromatic N) is 4. The Bertz CT molecular complexity index is 697. The zero-order valence-electron chi connectivity index (χ0n) is 13.9. The molecule has 0 saturated carbocycles. The Balaban J connectivity index is 1.55. The van der Waals surface area contributed by atoms with Crippen LogP contribution in [-0.4, -0.2) is 40.8 Å². The van der Waals surface area contributed by atoms with Crippen molar-refractivity contribution >= 4 is 11.8 Å². The molecule has 0 atom stereocenters. The lowest BCUT2D eigenvalue weighted by Gasteiger charge is -2.31. The highest BCUT2D eigenvalue weighted by atomic mass is 16.3. The minimum atomic E-state index is -0.162. The van der Waals surface area contributed by atoms with E-state index in [9.17, 15) is 5.11 Å². The summed E-state index contributed by atoms with van der Waals surface area (Å²) < 4.78 is 0. The molecule has 5 nitrogen and oxygen atoms in total. The van der Waals surface area contributed by atoms with Crippen molar-refractivity contribution in [2.75, 3.05) is 29.4 Å². The van der Waals surface area contributed by atoms with Gasteiger partial charge in [-0.15, -0.1) is 0 Å². The lowest BCUT2D eigenvalue weighted by Crippen LogP contribution is -2.36. The third kappa shape index (κ3) is 3.22. The van der Waals surface area contributed by atoms with Crippen molar-refractivity contribution in [2.24, 2.45) is 0 Å². The number of aliphatic hydroxyl groups excluding tert-OH is 1. The van der Waals surface area contributed by atoms with Crippen LogP contribution in [0.3, 0.4) is 0 Å². The second kappa shape index (κ2) is 6.77. The Labute approximate surface area is 143 Å². The highest BCUT2D eigenvalue weighted by molar-refractivity contribution is 5.45. The maximum absolute atomic E-state index is 9.69. The van der Waals surface area contributed by atoms with Gasteiger partial charge in [-0.1, -0.05) is 24.3 Å². The number of hydrogen-bond acceptors (Lipinski definition) is 5. The van der Waals surface area contributed by atoms with Crippen LogP contribution in [0.4, 0.5) is 11.8 Å². The number of rotatable bonds is 2. The molecule has 0 radical (unpaired) electrons. The van der Waals surface area contributed by atoms with E-state index in [4.69, 9.17) is 4.98 Å². The Hall–Kier alpha value is -2.14. The van der Waals surface area contributed by atoms with Crippen LogP contribution >= 0.6 is 0 Å². The van der Waals surface area contributed by atoms with Gasteiger partial charge in [0.05, 0.1) is 6.10 Å². The monoisotopic (exact) mass is 324 g/mol. The van der Waals surface area contributed by atoms with Gasteiger partial charge in [-0.2, -0.15) is 4.98 Å². The lowest BCUT2D eigenvalue weighted by molar-refractivity contribution is 0.145. The highest BCUT2D eigenvalue weighted by Gasteiger charge is 2.20. The molecular formula is C19H24N4O. The first kappa shape index (κ1) is 15.4. The molecule has 0 bridgehead atoms. The van der Waals surface area contributed by atoms with Crippen LogP contribution < -0.4 is 9.80 Å². The largest absolute Gasteiger partial charge is 0.393 e. The average molecular weight is 324 g/mol. The molecule has 24 heavy (non-hydrogen) atoms. The van der Waals surface area contributed by atoms with Crippen LogP contribution in [0.15, 0.2) is 36.5 Å². The summed E-state index contributed by atoms with van der Waals surface area (Å²) in [4.78, 5) is 13.9. The Kier molecular flexibility index (Phi) is 4.34. The lowest BCUT2D eigenvalue weighted by atomic mass is 10.0. The van der Waals surface area contributed by atoms with Gasteiger partial charge in [0.15, 0.2) is 0 Å². The molecule has 3 heterocycles. The standard InChI is InChI=1S/C19H24N4O/c24-17-8-12-22(13-9-17)18-7-10-20-19(21-18)23-11-3-6-15-4-1-2-5-16(15)14-23/h1-2,4-5,7,10,17,24H,3,6,8-9,11-14H2. The van der Waals surface area contributed by atoms with Gasteiger partial charge in [0, 0.05) is 32.4 Å². The molecule has 0 amide bonds. The summed E-state index contributed by atoms with van der Waals surface area (Å²) in [5.41, 5.74) is 2.83. The minimum absolute atomic E-state index is 0.162. The van der Waals surface area contributed by atoms with Crippen LogP contribution in [0.25, 0.3) is 0 Å². The molecule has 1 aromatic carbocycles. The van der Waals surface area contributed by atoms with Crippen LogP contribution in [0.2, 0.25) is 0 Å². The average Bonchev–Trinajstić information content (AvgIpc) is 2.85. The Morgan fingerprint density at radius 1 is 0.958 bits per heavy atom. The van der Waals surface area contributed by atoms with E-state index < -0.39 is 0 Å². The van der Waals surface area contributed by atoms with Crippen LogP contribution in [0.5, 0.6) is 0 Å². The maximum Gasteiger partial charge on any atom is 0.227 e. The number of aromatic nitrogens is 2. The van der Waals surface area contributed by atoms with Gasteiger partial charge in [0.25, 0.3) is 0 Å². The van der Waals surface area contributed by atoms with E-state index >= 15 is 0 Å². The predicted molar refractivity (Wildman–Crippen MR) is 95.3 cm³/mol. The van der Waals surface area contributed by atoms with E-state index in [1.807, 2.05) is 12.3 Å². The minimum Gasteiger partial charge on any atom is -0.393 e. The van der Waals surface area contributed by atoms with Crippen molar-refractivity contribution in [1.82, 2.24) is 9.97 Å². The summed E-state index contributed by atoms with van der Waals surface area (Å²) in [5, 5.41) is 9.69. The molecule has 1 aromatic heterocycles. The first-order valence-electron chi connectivity index (χ1n) is 8.87. The van der Waals surface area contributed by atoms with E-state index in [0.29, 0.717) is 0 Å². The number of piperidine rings is 1. The van der Waals surface area contributed by atoms with E-state index in [-0.39, 0.29) is 6.10 Å². The third-order valence-corrected chi connectivity index (χ3v) is 5.05. The molecule has 5 heteroatoms. The maximum atomic E-state index is 9.69. The van der Waals surface area contributed by atoms with Crippen LogP contribution in [-0.2, 0) is 13.0 Å². The number of aliphatic hydroxyl groups is 1. The van der Waals surface area contributed by atoms with Crippen LogP contribution in [0.1, 0.15) is 30.4 Å². The van der Waals surface area contributed by atoms with E-state index in [0.717, 1.165) is 63.6 Å². The molecule has 0 aliphatic carbocycles. The third-order valence-electron chi connectivity index (χ3n) is 5.05. The zero-order chi connectivity index (χ0) is 16.4. The normalized spacial score (nSPS) is 19.0. The van der Waals surface area contributed by atoms with E-state index in [1.165, 1.54) is 11.1 Å². The predicted octanol–water partition coefficient (Wildman–Crippen LogP) is 2.39. The molecule has 1 N–H and O–H groups in total. The molecule has 2 aliphatic heterocycles. The second-order valence-corrected chi connectivity index (χ2v) is 6.73.